The molecule has 1 aliphatic carbocycles. The molecule has 0 aromatic rings. The van der Waals surface area contributed by atoms with Gasteiger partial charge in [0.25, 0.3) is 0 Å². The van der Waals surface area contributed by atoms with Gasteiger partial charge in [-0.3, -0.25) is 10.1 Å². The topological polar surface area (TPSA) is 32.3 Å². The number of nitrogens with zero attached hydrogens (tertiary/aromatic N) is 1. The Morgan fingerprint density at radius 1 is 1.32 bits per heavy atom. The van der Waals surface area contributed by atoms with Crippen molar-refractivity contribution in [1.29, 1.82) is 0 Å². The van der Waals surface area contributed by atoms with Crippen LogP contribution in [0.1, 0.15) is 66.2 Å². The second kappa shape index (κ2) is 6.25. The van der Waals surface area contributed by atoms with Crippen molar-refractivity contribution in [2.24, 2.45) is 11.8 Å². The minimum atomic E-state index is 0.0411. The van der Waals surface area contributed by atoms with E-state index in [1.165, 1.54) is 32.1 Å². The first-order valence-electron chi connectivity index (χ1n) is 8.18. The predicted octanol–water partition coefficient (Wildman–Crippen LogP) is 3.15. The molecule has 3 nitrogen and oxygen atoms in total. The van der Waals surface area contributed by atoms with Gasteiger partial charge in [0.1, 0.15) is 0 Å². The first kappa shape index (κ1) is 14.8. The Morgan fingerprint density at radius 3 is 2.63 bits per heavy atom. The maximum absolute atomic E-state index is 12.7. The van der Waals surface area contributed by atoms with Crippen molar-refractivity contribution in [3.8, 4) is 0 Å². The molecular weight excluding hydrogens is 236 g/mol. The van der Waals surface area contributed by atoms with Crippen LogP contribution in [0.2, 0.25) is 0 Å². The summed E-state index contributed by atoms with van der Waals surface area (Å²) in [5, 5.41) is 3.52. The standard InChI is InChI=1S/C16H30N2O/c1-5-11(3)15-16(19)18(12(4)17-15)14-10-8-7-9-13(14)6-2/h11-15,17H,5-10H2,1-4H3. The number of nitrogens with one attached hydrogen (secondary N) is 1. The highest BCUT2D eigenvalue weighted by molar-refractivity contribution is 5.85. The summed E-state index contributed by atoms with van der Waals surface area (Å²) in [5.74, 6) is 1.49. The molecule has 2 fully saturated rings. The summed E-state index contributed by atoms with van der Waals surface area (Å²) in [6.07, 6.45) is 7.60. The summed E-state index contributed by atoms with van der Waals surface area (Å²) in [4.78, 5) is 14.9. The van der Waals surface area contributed by atoms with Gasteiger partial charge in [-0.05, 0) is 31.6 Å². The van der Waals surface area contributed by atoms with Gasteiger partial charge in [0.2, 0.25) is 5.91 Å². The minimum Gasteiger partial charge on any atom is -0.323 e. The summed E-state index contributed by atoms with van der Waals surface area (Å²) in [6.45, 7) is 8.78. The van der Waals surface area contributed by atoms with E-state index in [2.05, 4.69) is 37.9 Å². The fourth-order valence-electron chi connectivity index (χ4n) is 3.89. The molecule has 1 saturated carbocycles. The van der Waals surface area contributed by atoms with Crippen LogP contribution >= 0.6 is 0 Å². The lowest BCUT2D eigenvalue weighted by molar-refractivity contribution is -0.134. The van der Waals surface area contributed by atoms with Crippen LogP contribution < -0.4 is 5.32 Å². The van der Waals surface area contributed by atoms with E-state index in [0.717, 1.165) is 6.42 Å². The van der Waals surface area contributed by atoms with Crippen LogP contribution in [-0.4, -0.2) is 29.1 Å². The Bertz CT molecular complexity index is 318. The van der Waals surface area contributed by atoms with E-state index in [-0.39, 0.29) is 12.2 Å². The zero-order valence-electron chi connectivity index (χ0n) is 13.0. The summed E-state index contributed by atoms with van der Waals surface area (Å²) >= 11 is 0. The molecule has 2 aliphatic rings. The van der Waals surface area contributed by atoms with Crippen LogP contribution in [0.25, 0.3) is 0 Å². The molecule has 1 heterocycles. The second-order valence-corrected chi connectivity index (χ2v) is 6.47. The highest BCUT2D eigenvalue weighted by atomic mass is 16.2. The Morgan fingerprint density at radius 2 is 2.00 bits per heavy atom. The second-order valence-electron chi connectivity index (χ2n) is 6.47. The van der Waals surface area contributed by atoms with Gasteiger partial charge in [0.05, 0.1) is 12.2 Å². The molecule has 19 heavy (non-hydrogen) atoms. The third-order valence-electron chi connectivity index (χ3n) is 5.32. The van der Waals surface area contributed by atoms with Crippen LogP contribution in [-0.2, 0) is 4.79 Å². The van der Waals surface area contributed by atoms with Crippen LogP contribution in [0, 0.1) is 11.8 Å². The lowest BCUT2D eigenvalue weighted by Crippen LogP contribution is -2.48. The lowest BCUT2D eigenvalue weighted by atomic mass is 9.81. The SMILES string of the molecule is CCC(C)C1NC(C)N(C2CCCCC2CC)C1=O. The fourth-order valence-corrected chi connectivity index (χ4v) is 3.89. The molecule has 0 spiro atoms. The average Bonchev–Trinajstić information content (AvgIpc) is 2.73. The van der Waals surface area contributed by atoms with E-state index in [1.54, 1.807) is 0 Å². The van der Waals surface area contributed by atoms with Gasteiger partial charge in [-0.2, -0.15) is 0 Å². The highest BCUT2D eigenvalue weighted by Gasteiger charge is 2.44. The van der Waals surface area contributed by atoms with E-state index in [4.69, 9.17) is 0 Å². The fraction of sp³-hybridized carbons (Fsp3) is 0.938. The van der Waals surface area contributed by atoms with Crippen molar-refractivity contribution in [2.75, 3.05) is 0 Å². The van der Waals surface area contributed by atoms with Gasteiger partial charge in [-0.25, -0.2) is 0 Å². The molecule has 5 unspecified atom stereocenters. The number of hydrogen-bond donors (Lipinski definition) is 1. The number of amides is 1. The van der Waals surface area contributed by atoms with Crippen molar-refractivity contribution < 1.29 is 4.79 Å². The monoisotopic (exact) mass is 266 g/mol. The van der Waals surface area contributed by atoms with Crippen LogP contribution in [0.3, 0.4) is 0 Å². The molecule has 0 aromatic carbocycles. The van der Waals surface area contributed by atoms with E-state index in [1.807, 2.05) is 0 Å². The molecule has 5 atom stereocenters. The molecule has 2 rings (SSSR count). The molecule has 0 aromatic heterocycles. The Balaban J connectivity index is 2.12. The normalized spacial score (nSPS) is 37.7. The highest BCUT2D eigenvalue weighted by Crippen LogP contribution is 2.34. The first-order valence-corrected chi connectivity index (χ1v) is 8.18. The van der Waals surface area contributed by atoms with Crippen LogP contribution in [0.5, 0.6) is 0 Å². The number of hydrogen-bond acceptors (Lipinski definition) is 2. The molecule has 1 amide bonds. The average molecular weight is 266 g/mol. The largest absolute Gasteiger partial charge is 0.323 e. The first-order chi connectivity index (χ1) is 9.10. The number of carbonyl (C=O) groups excluding carboxylic acids is 1. The van der Waals surface area contributed by atoms with Gasteiger partial charge in [-0.15, -0.1) is 0 Å². The van der Waals surface area contributed by atoms with Crippen LogP contribution in [0.4, 0.5) is 0 Å². The molecule has 1 saturated heterocycles. The summed E-state index contributed by atoms with van der Waals surface area (Å²) in [6, 6.07) is 0.516. The van der Waals surface area contributed by atoms with Crippen molar-refractivity contribution in [3.63, 3.8) is 0 Å². The third-order valence-corrected chi connectivity index (χ3v) is 5.32. The van der Waals surface area contributed by atoms with Crippen molar-refractivity contribution in [2.45, 2.75) is 84.5 Å². The van der Waals surface area contributed by atoms with Gasteiger partial charge in [-0.1, -0.05) is 46.5 Å². The zero-order valence-corrected chi connectivity index (χ0v) is 13.0. The number of rotatable bonds is 4. The third kappa shape index (κ3) is 2.81. The molecule has 0 bridgehead atoms. The minimum absolute atomic E-state index is 0.0411. The van der Waals surface area contributed by atoms with Gasteiger partial charge in [0, 0.05) is 6.04 Å². The van der Waals surface area contributed by atoms with Crippen molar-refractivity contribution >= 4 is 5.91 Å². The van der Waals surface area contributed by atoms with Crippen molar-refractivity contribution in [1.82, 2.24) is 10.2 Å². The van der Waals surface area contributed by atoms with E-state index < -0.39 is 0 Å². The Hall–Kier alpha value is -0.570. The van der Waals surface area contributed by atoms with E-state index in [9.17, 15) is 4.79 Å². The van der Waals surface area contributed by atoms with Crippen LogP contribution in [0.15, 0.2) is 0 Å². The Labute approximate surface area is 118 Å². The lowest BCUT2D eigenvalue weighted by Gasteiger charge is -2.39. The zero-order chi connectivity index (χ0) is 14.0. The molecule has 3 heteroatoms. The number of carbonyl (C=O) groups is 1. The molecule has 1 aliphatic heterocycles. The summed E-state index contributed by atoms with van der Waals surface area (Å²) in [5.41, 5.74) is 0. The maximum Gasteiger partial charge on any atom is 0.241 e. The van der Waals surface area contributed by atoms with Crippen molar-refractivity contribution in [3.05, 3.63) is 0 Å². The van der Waals surface area contributed by atoms with E-state index in [0.29, 0.717) is 23.8 Å². The summed E-state index contributed by atoms with van der Waals surface area (Å²) < 4.78 is 0. The smallest absolute Gasteiger partial charge is 0.241 e. The maximum atomic E-state index is 12.7. The van der Waals surface area contributed by atoms with E-state index >= 15 is 0 Å². The van der Waals surface area contributed by atoms with Gasteiger partial charge >= 0.3 is 0 Å². The Kier molecular flexibility index (Phi) is 4.88. The van der Waals surface area contributed by atoms with Gasteiger partial charge < -0.3 is 4.90 Å². The van der Waals surface area contributed by atoms with Gasteiger partial charge in [0.15, 0.2) is 0 Å². The quantitative estimate of drug-likeness (QED) is 0.848. The molecule has 110 valence electrons. The molecular formula is C16H30N2O. The summed E-state index contributed by atoms with van der Waals surface area (Å²) in [7, 11) is 0. The molecule has 0 radical (unpaired) electrons. The predicted molar refractivity (Wildman–Crippen MR) is 78.7 cm³/mol. The molecule has 1 N–H and O–H groups in total.